The third kappa shape index (κ3) is 3.34. The Balaban J connectivity index is 2.01. The van der Waals surface area contributed by atoms with Crippen molar-refractivity contribution in [2.75, 3.05) is 7.11 Å². The van der Waals surface area contributed by atoms with Crippen molar-refractivity contribution < 1.29 is 17.6 Å². The van der Waals surface area contributed by atoms with Gasteiger partial charge in [-0.3, -0.25) is 0 Å². The van der Waals surface area contributed by atoms with Gasteiger partial charge >= 0.3 is 0 Å². The van der Waals surface area contributed by atoms with Gasteiger partial charge in [0.2, 0.25) is 10.0 Å². The van der Waals surface area contributed by atoms with Crippen LogP contribution >= 0.6 is 0 Å². The molecule has 1 heterocycles. The molecule has 3 aromatic rings. The van der Waals surface area contributed by atoms with E-state index in [0.717, 1.165) is 5.56 Å². The second-order valence-electron chi connectivity index (χ2n) is 5.13. The zero-order chi connectivity index (χ0) is 17.0. The van der Waals surface area contributed by atoms with Crippen molar-refractivity contribution in [2.24, 2.45) is 0 Å². The summed E-state index contributed by atoms with van der Waals surface area (Å²) < 4.78 is 39.0. The first kappa shape index (κ1) is 16.3. The summed E-state index contributed by atoms with van der Waals surface area (Å²) in [4.78, 5) is 0.0833. The number of hydrogen-bond acceptors (Lipinski definition) is 4. The first-order chi connectivity index (χ1) is 11.6. The standard InChI is InChI=1S/C18H17NO4S/c1-22-15-10-5-6-12-17(15)24(20,21)19-18(16-11-7-13-23-16)14-8-3-2-4-9-14/h2-13,18-19H,1H3. The molecule has 0 aliphatic rings. The first-order valence-electron chi connectivity index (χ1n) is 7.35. The Morgan fingerprint density at radius 2 is 1.67 bits per heavy atom. The zero-order valence-corrected chi connectivity index (χ0v) is 13.9. The lowest BCUT2D eigenvalue weighted by Gasteiger charge is -2.18. The van der Waals surface area contributed by atoms with Crippen LogP contribution in [0.2, 0.25) is 0 Å². The predicted octanol–water partition coefficient (Wildman–Crippen LogP) is 3.36. The van der Waals surface area contributed by atoms with Crippen LogP contribution in [0, 0.1) is 0 Å². The highest BCUT2D eigenvalue weighted by atomic mass is 32.2. The normalized spacial score (nSPS) is 12.7. The molecule has 1 atom stereocenters. The summed E-state index contributed by atoms with van der Waals surface area (Å²) in [5, 5.41) is 0. The minimum Gasteiger partial charge on any atom is -0.495 e. The molecule has 0 fully saturated rings. The van der Waals surface area contributed by atoms with Gasteiger partial charge in [0, 0.05) is 0 Å². The molecule has 5 nitrogen and oxygen atoms in total. The first-order valence-corrected chi connectivity index (χ1v) is 8.84. The zero-order valence-electron chi connectivity index (χ0n) is 13.0. The topological polar surface area (TPSA) is 68.5 Å². The van der Waals surface area contributed by atoms with E-state index in [1.54, 1.807) is 30.3 Å². The van der Waals surface area contributed by atoms with Crippen LogP contribution in [-0.2, 0) is 10.0 Å². The van der Waals surface area contributed by atoms with E-state index in [2.05, 4.69) is 4.72 Å². The van der Waals surface area contributed by atoms with Crippen LogP contribution in [0.1, 0.15) is 17.4 Å². The van der Waals surface area contributed by atoms with Gasteiger partial charge in [0.25, 0.3) is 0 Å². The fourth-order valence-corrected chi connectivity index (χ4v) is 3.81. The van der Waals surface area contributed by atoms with Crippen LogP contribution in [0.3, 0.4) is 0 Å². The molecule has 24 heavy (non-hydrogen) atoms. The van der Waals surface area contributed by atoms with Crippen LogP contribution in [-0.4, -0.2) is 15.5 Å². The van der Waals surface area contributed by atoms with Gasteiger partial charge in [-0.05, 0) is 29.8 Å². The minimum atomic E-state index is -3.81. The molecule has 2 aromatic carbocycles. The third-order valence-electron chi connectivity index (χ3n) is 3.59. The monoisotopic (exact) mass is 343 g/mol. The molecule has 0 aliphatic heterocycles. The van der Waals surface area contributed by atoms with Gasteiger partial charge in [-0.15, -0.1) is 0 Å². The maximum Gasteiger partial charge on any atom is 0.245 e. The summed E-state index contributed by atoms with van der Waals surface area (Å²) >= 11 is 0. The summed E-state index contributed by atoms with van der Waals surface area (Å²) in [5.41, 5.74) is 0.783. The Labute approximate surface area is 140 Å². The van der Waals surface area contributed by atoms with E-state index in [0.29, 0.717) is 5.76 Å². The lowest BCUT2D eigenvalue weighted by Crippen LogP contribution is -2.29. The molecular formula is C18H17NO4S. The van der Waals surface area contributed by atoms with Crippen molar-refractivity contribution in [2.45, 2.75) is 10.9 Å². The highest BCUT2D eigenvalue weighted by molar-refractivity contribution is 7.89. The summed E-state index contributed by atoms with van der Waals surface area (Å²) in [6.07, 6.45) is 1.52. The van der Waals surface area contributed by atoms with Gasteiger partial charge < -0.3 is 9.15 Å². The Hall–Kier alpha value is -2.57. The Morgan fingerprint density at radius 3 is 2.33 bits per heavy atom. The van der Waals surface area contributed by atoms with E-state index in [-0.39, 0.29) is 10.6 Å². The smallest absolute Gasteiger partial charge is 0.245 e. The Morgan fingerprint density at radius 1 is 0.958 bits per heavy atom. The Bertz CT molecular complexity index is 890. The van der Waals surface area contributed by atoms with E-state index < -0.39 is 16.1 Å². The summed E-state index contributed by atoms with van der Waals surface area (Å²) in [7, 11) is -2.37. The molecule has 124 valence electrons. The van der Waals surface area contributed by atoms with E-state index in [1.807, 2.05) is 30.3 Å². The second kappa shape index (κ2) is 6.90. The molecule has 0 aliphatic carbocycles. The summed E-state index contributed by atoms with van der Waals surface area (Å²) in [6, 6.07) is 18.6. The molecule has 0 radical (unpaired) electrons. The maximum atomic E-state index is 12.9. The number of ether oxygens (including phenoxy) is 1. The SMILES string of the molecule is COc1ccccc1S(=O)(=O)NC(c1ccccc1)c1ccco1. The van der Waals surface area contributed by atoms with Gasteiger partial charge in [0.15, 0.2) is 0 Å². The molecule has 6 heteroatoms. The van der Waals surface area contributed by atoms with Gasteiger partial charge in [-0.25, -0.2) is 8.42 Å². The van der Waals surface area contributed by atoms with Crippen LogP contribution < -0.4 is 9.46 Å². The molecule has 0 spiro atoms. The maximum absolute atomic E-state index is 12.9. The molecule has 3 rings (SSSR count). The fourth-order valence-electron chi connectivity index (χ4n) is 2.45. The number of nitrogens with one attached hydrogen (secondary N) is 1. The average Bonchev–Trinajstić information content (AvgIpc) is 3.15. The Kier molecular flexibility index (Phi) is 4.69. The minimum absolute atomic E-state index is 0.0833. The molecule has 1 aromatic heterocycles. The van der Waals surface area contributed by atoms with Crippen molar-refractivity contribution >= 4 is 10.0 Å². The van der Waals surface area contributed by atoms with Crippen molar-refractivity contribution in [3.05, 3.63) is 84.3 Å². The second-order valence-corrected chi connectivity index (χ2v) is 6.81. The number of sulfonamides is 1. The molecule has 0 saturated carbocycles. The lowest BCUT2D eigenvalue weighted by atomic mass is 10.1. The van der Waals surface area contributed by atoms with Crippen molar-refractivity contribution in [3.63, 3.8) is 0 Å². The highest BCUT2D eigenvalue weighted by Gasteiger charge is 2.26. The van der Waals surface area contributed by atoms with Crippen LogP contribution in [0.4, 0.5) is 0 Å². The van der Waals surface area contributed by atoms with Crippen LogP contribution in [0.25, 0.3) is 0 Å². The third-order valence-corrected chi connectivity index (χ3v) is 5.05. The lowest BCUT2D eigenvalue weighted by molar-refractivity contribution is 0.401. The van der Waals surface area contributed by atoms with Gasteiger partial charge in [0.1, 0.15) is 22.4 Å². The number of furan rings is 1. The van der Waals surface area contributed by atoms with Crippen molar-refractivity contribution in [3.8, 4) is 5.75 Å². The molecule has 0 bridgehead atoms. The van der Waals surface area contributed by atoms with Gasteiger partial charge in [-0.1, -0.05) is 42.5 Å². The van der Waals surface area contributed by atoms with E-state index >= 15 is 0 Å². The number of hydrogen-bond donors (Lipinski definition) is 1. The molecular weight excluding hydrogens is 326 g/mol. The number of benzene rings is 2. The van der Waals surface area contributed by atoms with Crippen molar-refractivity contribution in [1.82, 2.24) is 4.72 Å². The van der Waals surface area contributed by atoms with E-state index in [4.69, 9.17) is 9.15 Å². The largest absolute Gasteiger partial charge is 0.495 e. The molecule has 0 saturated heterocycles. The molecule has 0 amide bonds. The van der Waals surface area contributed by atoms with Crippen LogP contribution in [0.15, 0.2) is 82.3 Å². The fraction of sp³-hybridized carbons (Fsp3) is 0.111. The number of rotatable bonds is 6. The van der Waals surface area contributed by atoms with Gasteiger partial charge in [0.05, 0.1) is 13.4 Å². The quantitative estimate of drug-likeness (QED) is 0.745. The van der Waals surface area contributed by atoms with Crippen molar-refractivity contribution in [1.29, 1.82) is 0 Å². The van der Waals surface area contributed by atoms with Gasteiger partial charge in [-0.2, -0.15) is 4.72 Å². The predicted molar refractivity (Wildman–Crippen MR) is 90.3 cm³/mol. The van der Waals surface area contributed by atoms with E-state index in [1.165, 1.54) is 19.4 Å². The average molecular weight is 343 g/mol. The summed E-state index contributed by atoms with van der Waals surface area (Å²) in [5.74, 6) is 0.802. The highest BCUT2D eigenvalue weighted by Crippen LogP contribution is 2.28. The molecule has 1 unspecified atom stereocenters. The molecule has 1 N–H and O–H groups in total. The summed E-state index contributed by atoms with van der Waals surface area (Å²) in [6.45, 7) is 0. The number of methoxy groups -OCH3 is 1. The van der Waals surface area contributed by atoms with Crippen LogP contribution in [0.5, 0.6) is 5.75 Å². The van der Waals surface area contributed by atoms with E-state index in [9.17, 15) is 8.42 Å². The number of para-hydroxylation sites is 1.